The molecule has 0 aromatic carbocycles. The van der Waals surface area contributed by atoms with E-state index >= 15 is 0 Å². The molecule has 1 aliphatic heterocycles. The molecule has 2 atom stereocenters. The average molecular weight is 215 g/mol. The van der Waals surface area contributed by atoms with Gasteiger partial charge in [-0.2, -0.15) is 0 Å². The highest BCUT2D eigenvalue weighted by molar-refractivity contribution is 5.81. The summed E-state index contributed by atoms with van der Waals surface area (Å²) in [5.74, 6) is 0.0170. The Morgan fingerprint density at radius 2 is 2.20 bits per heavy atom. The van der Waals surface area contributed by atoms with Gasteiger partial charge in [-0.25, -0.2) is 0 Å². The molecule has 88 valence electrons. The first-order valence-electron chi connectivity index (χ1n) is 5.62. The number of carbonyl (C=O) groups excluding carboxylic acids is 1. The van der Waals surface area contributed by atoms with Crippen LogP contribution < -0.4 is 0 Å². The van der Waals surface area contributed by atoms with E-state index in [-0.39, 0.29) is 18.1 Å². The molecule has 1 rings (SSSR count). The van der Waals surface area contributed by atoms with Crippen molar-refractivity contribution < 1.29 is 14.6 Å². The molecule has 0 aliphatic carbocycles. The summed E-state index contributed by atoms with van der Waals surface area (Å²) in [5, 5.41) is 9.33. The lowest BCUT2D eigenvalue weighted by atomic mass is 10.2. The quantitative estimate of drug-likeness (QED) is 0.754. The number of carbonyl (C=O) groups is 1. The lowest BCUT2D eigenvalue weighted by Crippen LogP contribution is -2.46. The molecule has 0 aromatic rings. The maximum absolute atomic E-state index is 12.0. The van der Waals surface area contributed by atoms with Gasteiger partial charge < -0.3 is 14.7 Å². The van der Waals surface area contributed by atoms with E-state index in [1.807, 2.05) is 13.8 Å². The van der Waals surface area contributed by atoms with Crippen molar-refractivity contribution in [3.8, 4) is 0 Å². The third-order valence-corrected chi connectivity index (χ3v) is 2.57. The van der Waals surface area contributed by atoms with Crippen molar-refractivity contribution in [2.45, 2.75) is 51.9 Å². The second-order valence-electron chi connectivity index (χ2n) is 4.44. The van der Waals surface area contributed by atoms with E-state index in [9.17, 15) is 9.90 Å². The molecule has 1 fully saturated rings. The number of hydrogen-bond donors (Lipinski definition) is 1. The lowest BCUT2D eigenvalue weighted by Gasteiger charge is -2.30. The highest BCUT2D eigenvalue weighted by Crippen LogP contribution is 2.16. The minimum Gasteiger partial charge on any atom is -0.392 e. The van der Waals surface area contributed by atoms with Crippen molar-refractivity contribution >= 4 is 5.91 Å². The van der Waals surface area contributed by atoms with Crippen LogP contribution in [0, 0.1) is 0 Å². The van der Waals surface area contributed by atoms with E-state index in [1.165, 1.54) is 0 Å². The molecule has 1 heterocycles. The number of rotatable bonds is 4. The number of ether oxygens (including phenoxy) is 1. The van der Waals surface area contributed by atoms with Gasteiger partial charge in [-0.05, 0) is 33.6 Å². The van der Waals surface area contributed by atoms with Crippen LogP contribution >= 0.6 is 0 Å². The summed E-state index contributed by atoms with van der Waals surface area (Å²) in [7, 11) is 0. The van der Waals surface area contributed by atoms with Crippen molar-refractivity contribution in [2.75, 3.05) is 13.2 Å². The van der Waals surface area contributed by atoms with Crippen molar-refractivity contribution in [3.05, 3.63) is 0 Å². The summed E-state index contributed by atoms with van der Waals surface area (Å²) in [5.41, 5.74) is 0. The van der Waals surface area contributed by atoms with Crippen LogP contribution in [0.1, 0.15) is 33.6 Å². The van der Waals surface area contributed by atoms with E-state index in [0.717, 1.165) is 12.8 Å². The summed E-state index contributed by atoms with van der Waals surface area (Å²) in [6.45, 7) is 6.66. The van der Waals surface area contributed by atoms with E-state index in [4.69, 9.17) is 4.74 Å². The predicted octanol–water partition coefficient (Wildman–Crippen LogP) is 0.783. The van der Waals surface area contributed by atoms with Gasteiger partial charge in [-0.3, -0.25) is 4.79 Å². The summed E-state index contributed by atoms with van der Waals surface area (Å²) >= 11 is 0. The second-order valence-corrected chi connectivity index (χ2v) is 4.44. The van der Waals surface area contributed by atoms with Crippen LogP contribution in [0.2, 0.25) is 0 Å². The lowest BCUT2D eigenvalue weighted by molar-refractivity contribution is -0.144. The molecule has 0 radical (unpaired) electrons. The number of aliphatic hydroxyl groups excluding tert-OH is 1. The molecule has 0 saturated carbocycles. The predicted molar refractivity (Wildman–Crippen MR) is 57.5 cm³/mol. The fraction of sp³-hybridized carbons (Fsp3) is 0.909. The van der Waals surface area contributed by atoms with Gasteiger partial charge >= 0.3 is 0 Å². The zero-order valence-corrected chi connectivity index (χ0v) is 9.77. The van der Waals surface area contributed by atoms with Crippen molar-refractivity contribution in [3.63, 3.8) is 0 Å². The zero-order valence-electron chi connectivity index (χ0n) is 9.77. The Bertz CT molecular complexity index is 210. The molecule has 2 unspecified atom stereocenters. The molecular formula is C11H21NO3. The van der Waals surface area contributed by atoms with Crippen LogP contribution in [-0.2, 0) is 9.53 Å². The van der Waals surface area contributed by atoms with Crippen molar-refractivity contribution in [1.29, 1.82) is 0 Å². The van der Waals surface area contributed by atoms with Gasteiger partial charge in [-0.1, -0.05) is 0 Å². The van der Waals surface area contributed by atoms with E-state index in [0.29, 0.717) is 13.2 Å². The van der Waals surface area contributed by atoms with Gasteiger partial charge in [0.2, 0.25) is 0 Å². The minimum atomic E-state index is -0.488. The molecule has 1 aliphatic rings. The Hall–Kier alpha value is -0.610. The number of hydrogen-bond acceptors (Lipinski definition) is 3. The molecule has 1 amide bonds. The fourth-order valence-corrected chi connectivity index (χ4v) is 1.80. The molecule has 0 bridgehead atoms. The monoisotopic (exact) mass is 215 g/mol. The van der Waals surface area contributed by atoms with Crippen LogP contribution in [0.25, 0.3) is 0 Å². The second kappa shape index (κ2) is 5.47. The molecular weight excluding hydrogens is 194 g/mol. The Balaban J connectivity index is 2.57. The van der Waals surface area contributed by atoms with Crippen LogP contribution in [0.3, 0.4) is 0 Å². The summed E-state index contributed by atoms with van der Waals surface area (Å²) < 4.78 is 5.35. The summed E-state index contributed by atoms with van der Waals surface area (Å²) in [6.07, 6.45) is 0.989. The maximum Gasteiger partial charge on any atom is 0.252 e. The maximum atomic E-state index is 12.0. The molecule has 15 heavy (non-hydrogen) atoms. The van der Waals surface area contributed by atoms with E-state index in [1.54, 1.807) is 11.8 Å². The van der Waals surface area contributed by atoms with E-state index < -0.39 is 6.10 Å². The van der Waals surface area contributed by atoms with Gasteiger partial charge in [-0.15, -0.1) is 0 Å². The van der Waals surface area contributed by atoms with Crippen molar-refractivity contribution in [2.24, 2.45) is 0 Å². The Morgan fingerprint density at radius 3 is 2.60 bits per heavy atom. The first kappa shape index (κ1) is 12.5. The molecule has 0 spiro atoms. The summed E-state index contributed by atoms with van der Waals surface area (Å²) in [4.78, 5) is 13.7. The van der Waals surface area contributed by atoms with Crippen molar-refractivity contribution in [1.82, 2.24) is 4.90 Å². The fourth-order valence-electron chi connectivity index (χ4n) is 1.80. The third kappa shape index (κ3) is 3.47. The molecule has 4 nitrogen and oxygen atoms in total. The standard InChI is InChI=1S/C11H21NO3/c1-8(2)12(7-9(3)13)11(14)10-5-4-6-15-10/h8-10,13H,4-7H2,1-3H3. The first-order chi connectivity index (χ1) is 7.02. The van der Waals surface area contributed by atoms with Crippen LogP contribution in [0.4, 0.5) is 0 Å². The Kier molecular flexibility index (Phi) is 4.54. The first-order valence-corrected chi connectivity index (χ1v) is 5.62. The van der Waals surface area contributed by atoms with E-state index in [2.05, 4.69) is 0 Å². The third-order valence-electron chi connectivity index (χ3n) is 2.57. The SMILES string of the molecule is CC(O)CN(C(=O)C1CCCO1)C(C)C. The number of nitrogens with zero attached hydrogens (tertiary/aromatic N) is 1. The highest BCUT2D eigenvalue weighted by Gasteiger charge is 2.29. The molecule has 4 heteroatoms. The largest absolute Gasteiger partial charge is 0.392 e. The van der Waals surface area contributed by atoms with Gasteiger partial charge in [0, 0.05) is 19.2 Å². The van der Waals surface area contributed by atoms with Crippen LogP contribution in [-0.4, -0.2) is 47.3 Å². The van der Waals surface area contributed by atoms with Crippen LogP contribution in [0.5, 0.6) is 0 Å². The Morgan fingerprint density at radius 1 is 1.53 bits per heavy atom. The minimum absolute atomic E-state index is 0.0170. The van der Waals surface area contributed by atoms with Gasteiger partial charge in [0.1, 0.15) is 6.10 Å². The molecule has 0 aromatic heterocycles. The van der Waals surface area contributed by atoms with Gasteiger partial charge in [0.05, 0.1) is 6.10 Å². The zero-order chi connectivity index (χ0) is 11.4. The number of amides is 1. The van der Waals surface area contributed by atoms with Gasteiger partial charge in [0.25, 0.3) is 5.91 Å². The number of aliphatic hydroxyl groups is 1. The molecule has 1 N–H and O–H groups in total. The van der Waals surface area contributed by atoms with Gasteiger partial charge in [0.15, 0.2) is 0 Å². The van der Waals surface area contributed by atoms with Crippen LogP contribution in [0.15, 0.2) is 0 Å². The Labute approximate surface area is 91.2 Å². The topological polar surface area (TPSA) is 49.8 Å². The summed E-state index contributed by atoms with van der Waals surface area (Å²) in [6, 6.07) is 0.108. The average Bonchev–Trinajstić information content (AvgIpc) is 2.65. The smallest absolute Gasteiger partial charge is 0.252 e. The molecule has 1 saturated heterocycles. The highest BCUT2D eigenvalue weighted by atomic mass is 16.5. The normalized spacial score (nSPS) is 23.1.